The summed E-state index contributed by atoms with van der Waals surface area (Å²) in [4.78, 5) is 35.9. The van der Waals surface area contributed by atoms with Gasteiger partial charge in [0.05, 0.1) is 6.54 Å². The molecule has 0 spiro atoms. The number of nitrogens with one attached hydrogen (secondary N) is 2. The molecular weight excluding hydrogens is 328 g/mol. The van der Waals surface area contributed by atoms with Crippen LogP contribution in [0.1, 0.15) is 46.9 Å². The molecule has 1 aliphatic rings. The second-order valence-corrected chi connectivity index (χ2v) is 6.46. The Balaban J connectivity index is 1.70. The molecule has 0 saturated heterocycles. The first kappa shape index (κ1) is 17.9. The van der Waals surface area contributed by atoms with Crippen LogP contribution in [0.3, 0.4) is 0 Å². The number of hydrogen-bond acceptors (Lipinski definition) is 3. The molecule has 0 atom stereocenters. The molecule has 5 heteroatoms. The van der Waals surface area contributed by atoms with Gasteiger partial charge in [-0.15, -0.1) is 0 Å². The Kier molecular flexibility index (Phi) is 5.46. The fourth-order valence-corrected chi connectivity index (χ4v) is 2.69. The summed E-state index contributed by atoms with van der Waals surface area (Å²) in [5.74, 6) is -0.371. The van der Waals surface area contributed by atoms with Gasteiger partial charge in [0.1, 0.15) is 0 Å². The summed E-state index contributed by atoms with van der Waals surface area (Å²) in [6.07, 6.45) is 2.48. The molecule has 5 nitrogen and oxygen atoms in total. The molecule has 3 rings (SSSR count). The van der Waals surface area contributed by atoms with Gasteiger partial charge in [0.2, 0.25) is 5.91 Å². The first-order valence-corrected chi connectivity index (χ1v) is 8.88. The lowest BCUT2D eigenvalue weighted by Gasteiger charge is -2.08. The number of Topliss-reactive ketones (excluding diaryl/α,β-unsaturated/α-hetero) is 1. The van der Waals surface area contributed by atoms with Crippen molar-refractivity contribution >= 4 is 17.6 Å². The molecule has 26 heavy (non-hydrogen) atoms. The highest BCUT2D eigenvalue weighted by Crippen LogP contribution is 2.22. The molecule has 134 valence electrons. The van der Waals surface area contributed by atoms with Crippen molar-refractivity contribution in [2.24, 2.45) is 0 Å². The fraction of sp³-hybridized carbons (Fsp3) is 0.286. The van der Waals surface area contributed by atoms with E-state index in [1.54, 1.807) is 24.3 Å². The minimum absolute atomic E-state index is 0.0277. The zero-order chi connectivity index (χ0) is 18.5. The summed E-state index contributed by atoms with van der Waals surface area (Å²) < 4.78 is 0. The monoisotopic (exact) mass is 350 g/mol. The third-order valence-electron chi connectivity index (χ3n) is 4.32. The van der Waals surface area contributed by atoms with Crippen LogP contribution in [0.15, 0.2) is 48.5 Å². The first-order valence-electron chi connectivity index (χ1n) is 8.88. The first-order chi connectivity index (χ1) is 12.6. The smallest absolute Gasteiger partial charge is 0.251 e. The normalized spacial score (nSPS) is 13.1. The maximum atomic E-state index is 12.3. The molecule has 2 aromatic carbocycles. The van der Waals surface area contributed by atoms with Crippen LogP contribution in [0.2, 0.25) is 0 Å². The number of amides is 2. The van der Waals surface area contributed by atoms with Gasteiger partial charge in [0, 0.05) is 23.6 Å². The summed E-state index contributed by atoms with van der Waals surface area (Å²) in [6.45, 7) is 1.80. The summed E-state index contributed by atoms with van der Waals surface area (Å²) >= 11 is 0. The van der Waals surface area contributed by atoms with Crippen molar-refractivity contribution in [3.8, 4) is 11.1 Å². The quantitative estimate of drug-likeness (QED) is 0.754. The van der Waals surface area contributed by atoms with Gasteiger partial charge in [-0.2, -0.15) is 0 Å². The molecule has 0 aromatic heterocycles. The van der Waals surface area contributed by atoms with E-state index in [0.717, 1.165) is 24.0 Å². The Labute approximate surface area is 152 Å². The second-order valence-electron chi connectivity index (χ2n) is 6.46. The summed E-state index contributed by atoms with van der Waals surface area (Å²) in [6, 6.07) is 14.8. The van der Waals surface area contributed by atoms with Gasteiger partial charge < -0.3 is 10.6 Å². The molecule has 2 aromatic rings. The van der Waals surface area contributed by atoms with Crippen molar-refractivity contribution in [3.05, 3.63) is 59.7 Å². The van der Waals surface area contributed by atoms with Gasteiger partial charge in [0.25, 0.3) is 5.91 Å². The Morgan fingerprint density at radius 1 is 0.962 bits per heavy atom. The number of hydrogen-bond donors (Lipinski definition) is 2. The van der Waals surface area contributed by atoms with Crippen molar-refractivity contribution in [2.45, 2.75) is 32.2 Å². The zero-order valence-electron chi connectivity index (χ0n) is 14.7. The highest BCUT2D eigenvalue weighted by atomic mass is 16.2. The highest BCUT2D eigenvalue weighted by Gasteiger charge is 2.23. The van der Waals surface area contributed by atoms with Crippen molar-refractivity contribution in [1.29, 1.82) is 0 Å². The van der Waals surface area contributed by atoms with Gasteiger partial charge >= 0.3 is 0 Å². The van der Waals surface area contributed by atoms with Crippen LogP contribution in [0.4, 0.5) is 0 Å². The molecule has 0 radical (unpaired) electrons. The van der Waals surface area contributed by atoms with Crippen LogP contribution in [-0.2, 0) is 4.79 Å². The standard InChI is InChI=1S/C21H22N2O3/c1-2-19(24)16-7-3-5-14(11-16)15-6-4-8-17(12-15)21(26)22-13-20(25)23-18-9-10-18/h3-8,11-12,18H,2,9-10,13H2,1H3,(H,22,26)(H,23,25). The van der Waals surface area contributed by atoms with Gasteiger partial charge in [-0.3, -0.25) is 14.4 Å². The van der Waals surface area contributed by atoms with Gasteiger partial charge in [-0.05, 0) is 42.2 Å². The molecular formula is C21H22N2O3. The Bertz CT molecular complexity index is 841. The van der Waals surface area contributed by atoms with Crippen LogP contribution in [0.25, 0.3) is 11.1 Å². The molecule has 0 unspecified atom stereocenters. The van der Waals surface area contributed by atoms with Gasteiger partial charge in [-0.1, -0.05) is 37.3 Å². The lowest BCUT2D eigenvalue weighted by molar-refractivity contribution is -0.120. The van der Waals surface area contributed by atoms with Crippen molar-refractivity contribution < 1.29 is 14.4 Å². The van der Waals surface area contributed by atoms with Crippen molar-refractivity contribution in [1.82, 2.24) is 10.6 Å². The third kappa shape index (κ3) is 4.57. The molecule has 1 fully saturated rings. The SMILES string of the molecule is CCC(=O)c1cccc(-c2cccc(C(=O)NCC(=O)NC3CC3)c2)c1. The van der Waals surface area contributed by atoms with E-state index in [0.29, 0.717) is 17.5 Å². The second kappa shape index (κ2) is 7.95. The van der Waals surface area contributed by atoms with Crippen LogP contribution in [0, 0.1) is 0 Å². The Morgan fingerprint density at radius 3 is 2.19 bits per heavy atom. The van der Waals surface area contributed by atoms with E-state index in [2.05, 4.69) is 10.6 Å². The minimum Gasteiger partial charge on any atom is -0.352 e. The summed E-state index contributed by atoms with van der Waals surface area (Å²) in [5, 5.41) is 5.48. The number of rotatable bonds is 7. The van der Waals surface area contributed by atoms with Gasteiger partial charge in [-0.25, -0.2) is 0 Å². The molecule has 1 saturated carbocycles. The topological polar surface area (TPSA) is 75.3 Å². The lowest BCUT2D eigenvalue weighted by atomic mass is 9.99. The summed E-state index contributed by atoms with van der Waals surface area (Å²) in [7, 11) is 0. The van der Waals surface area contributed by atoms with E-state index >= 15 is 0 Å². The van der Waals surface area contributed by atoms with Gasteiger partial charge in [0.15, 0.2) is 5.78 Å². The summed E-state index contributed by atoms with van der Waals surface area (Å²) in [5.41, 5.74) is 2.88. The van der Waals surface area contributed by atoms with Crippen LogP contribution < -0.4 is 10.6 Å². The number of carbonyl (C=O) groups is 3. The molecule has 2 N–H and O–H groups in total. The van der Waals surface area contributed by atoms with E-state index in [9.17, 15) is 14.4 Å². The van der Waals surface area contributed by atoms with E-state index in [1.165, 1.54) is 0 Å². The van der Waals surface area contributed by atoms with Crippen molar-refractivity contribution in [3.63, 3.8) is 0 Å². The third-order valence-corrected chi connectivity index (χ3v) is 4.32. The van der Waals surface area contributed by atoms with Crippen LogP contribution in [0.5, 0.6) is 0 Å². The zero-order valence-corrected chi connectivity index (χ0v) is 14.7. The maximum Gasteiger partial charge on any atom is 0.251 e. The molecule has 1 aliphatic carbocycles. The van der Waals surface area contributed by atoms with E-state index in [4.69, 9.17) is 0 Å². The Morgan fingerprint density at radius 2 is 1.58 bits per heavy atom. The Hall–Kier alpha value is -2.95. The van der Waals surface area contributed by atoms with Crippen LogP contribution >= 0.6 is 0 Å². The molecule has 2 amide bonds. The number of benzene rings is 2. The maximum absolute atomic E-state index is 12.3. The lowest BCUT2D eigenvalue weighted by Crippen LogP contribution is -2.37. The largest absolute Gasteiger partial charge is 0.352 e. The predicted molar refractivity (Wildman–Crippen MR) is 100.0 cm³/mol. The predicted octanol–water partition coefficient (Wildman–Crippen LogP) is 2.95. The number of carbonyl (C=O) groups excluding carboxylic acids is 3. The van der Waals surface area contributed by atoms with Crippen LogP contribution in [-0.4, -0.2) is 30.2 Å². The molecule has 0 heterocycles. The average Bonchev–Trinajstić information content (AvgIpc) is 3.49. The van der Waals surface area contributed by atoms with E-state index in [1.807, 2.05) is 31.2 Å². The number of ketones is 1. The molecule has 0 aliphatic heterocycles. The highest BCUT2D eigenvalue weighted by molar-refractivity contribution is 5.98. The minimum atomic E-state index is -0.293. The van der Waals surface area contributed by atoms with Crippen molar-refractivity contribution in [2.75, 3.05) is 6.54 Å². The van der Waals surface area contributed by atoms with E-state index < -0.39 is 0 Å². The fourth-order valence-electron chi connectivity index (χ4n) is 2.69. The molecule has 0 bridgehead atoms. The average molecular weight is 350 g/mol. The van der Waals surface area contributed by atoms with E-state index in [-0.39, 0.29) is 30.2 Å².